The van der Waals surface area contributed by atoms with Crippen LogP contribution >= 0.6 is 11.8 Å². The number of hydrogen-bond acceptors (Lipinski definition) is 3. The number of Topliss-reactive ketones (excluding diaryl/α,β-unsaturated/α-hetero) is 1. The first-order chi connectivity index (χ1) is 11.4. The van der Waals surface area contributed by atoms with E-state index in [2.05, 4.69) is 38.6 Å². The van der Waals surface area contributed by atoms with E-state index in [4.69, 9.17) is 0 Å². The first-order valence-corrected chi connectivity index (χ1v) is 10.5. The Labute approximate surface area is 149 Å². The van der Waals surface area contributed by atoms with E-state index in [0.29, 0.717) is 28.8 Å². The van der Waals surface area contributed by atoms with Crippen LogP contribution in [0.1, 0.15) is 52.9 Å². The van der Waals surface area contributed by atoms with Gasteiger partial charge in [0.05, 0.1) is 0 Å². The van der Waals surface area contributed by atoms with Crippen LogP contribution in [0.3, 0.4) is 0 Å². The second-order valence-corrected chi connectivity index (χ2v) is 10.1. The van der Waals surface area contributed by atoms with Gasteiger partial charge in [0.2, 0.25) is 0 Å². The molecule has 4 rings (SSSR count). The van der Waals surface area contributed by atoms with Crippen molar-refractivity contribution in [3.63, 3.8) is 0 Å². The maximum Gasteiger partial charge on any atom is 0.178 e. The molecule has 3 fully saturated rings. The van der Waals surface area contributed by atoms with Crippen LogP contribution in [0, 0.1) is 28.6 Å². The highest BCUT2D eigenvalue weighted by atomic mass is 32.2. The molecule has 3 heteroatoms. The minimum atomic E-state index is -0.0838. The summed E-state index contributed by atoms with van der Waals surface area (Å²) >= 11 is 2.05. The van der Waals surface area contributed by atoms with Gasteiger partial charge in [0, 0.05) is 22.5 Å². The van der Waals surface area contributed by atoms with Crippen LogP contribution in [0.2, 0.25) is 0 Å². The summed E-state index contributed by atoms with van der Waals surface area (Å²) in [5.41, 5.74) is 1.28. The summed E-state index contributed by atoms with van der Waals surface area (Å²) in [5, 5.41) is 0.564. The molecule has 0 N–H and O–H groups in total. The van der Waals surface area contributed by atoms with Gasteiger partial charge in [-0.25, -0.2) is 0 Å². The van der Waals surface area contributed by atoms with Gasteiger partial charge in [-0.3, -0.25) is 9.59 Å². The molecule has 0 aromatic heterocycles. The third kappa shape index (κ3) is 2.16. The van der Waals surface area contributed by atoms with E-state index in [0.717, 1.165) is 37.9 Å². The normalized spacial score (nSPS) is 47.0. The van der Waals surface area contributed by atoms with E-state index in [9.17, 15) is 9.59 Å². The number of carbonyl (C=O) groups is 2. The molecule has 0 heterocycles. The van der Waals surface area contributed by atoms with E-state index in [1.54, 1.807) is 6.08 Å². The summed E-state index contributed by atoms with van der Waals surface area (Å²) in [7, 11) is 0. The van der Waals surface area contributed by atoms with E-state index in [1.165, 1.54) is 5.57 Å². The van der Waals surface area contributed by atoms with Crippen LogP contribution in [-0.2, 0) is 9.59 Å². The molecular formula is C21H28O2S. The van der Waals surface area contributed by atoms with E-state index in [-0.39, 0.29) is 16.6 Å². The predicted molar refractivity (Wildman–Crippen MR) is 98.9 cm³/mol. The third-order valence-electron chi connectivity index (χ3n) is 7.65. The quantitative estimate of drug-likeness (QED) is 0.734. The Bertz CT molecular complexity index is 648. The second-order valence-electron chi connectivity index (χ2n) is 8.59. The fourth-order valence-electron chi connectivity index (χ4n) is 6.30. The molecule has 0 saturated heterocycles. The highest BCUT2D eigenvalue weighted by Crippen LogP contribution is 2.65. The SMILES string of the molecule is CCS[C@@H]1CC2=CC(=O)C=C[C@]2(C)[C@H]2CC[C@]3(C)C(=O)CC[C@H]3[C@H]12. The Balaban J connectivity index is 1.77. The molecule has 130 valence electrons. The van der Waals surface area contributed by atoms with Gasteiger partial charge in [0.15, 0.2) is 5.78 Å². The lowest BCUT2D eigenvalue weighted by Crippen LogP contribution is -2.54. The number of carbonyl (C=O) groups excluding carboxylic acids is 2. The molecule has 4 aliphatic rings. The molecule has 0 aliphatic heterocycles. The summed E-state index contributed by atoms with van der Waals surface area (Å²) in [5.74, 6) is 3.50. The zero-order valence-electron chi connectivity index (χ0n) is 15.0. The molecule has 0 radical (unpaired) electrons. The first-order valence-electron chi connectivity index (χ1n) is 9.49. The predicted octanol–water partition coefficient (Wildman–Crippen LogP) is 4.60. The summed E-state index contributed by atoms with van der Waals surface area (Å²) in [6.45, 7) is 6.81. The minimum absolute atomic E-state index is 0.0242. The van der Waals surface area contributed by atoms with Gasteiger partial charge in [-0.1, -0.05) is 32.4 Å². The monoisotopic (exact) mass is 344 g/mol. The van der Waals surface area contributed by atoms with Gasteiger partial charge < -0.3 is 0 Å². The summed E-state index contributed by atoms with van der Waals surface area (Å²) < 4.78 is 0. The molecule has 3 saturated carbocycles. The lowest BCUT2D eigenvalue weighted by Gasteiger charge is -2.58. The molecule has 0 amide bonds. The Morgan fingerprint density at radius 1 is 1.21 bits per heavy atom. The van der Waals surface area contributed by atoms with Crippen molar-refractivity contribution in [2.24, 2.45) is 28.6 Å². The van der Waals surface area contributed by atoms with E-state index in [1.807, 2.05) is 6.08 Å². The number of fused-ring (bicyclic) bond motifs is 5. The average molecular weight is 345 g/mol. The fourth-order valence-corrected chi connectivity index (χ4v) is 7.63. The van der Waals surface area contributed by atoms with Crippen molar-refractivity contribution in [1.29, 1.82) is 0 Å². The summed E-state index contributed by atoms with van der Waals surface area (Å²) in [4.78, 5) is 24.5. The number of ketones is 2. The molecule has 0 bridgehead atoms. The van der Waals surface area contributed by atoms with Crippen molar-refractivity contribution in [2.45, 2.75) is 58.1 Å². The largest absolute Gasteiger partial charge is 0.299 e. The molecule has 0 unspecified atom stereocenters. The third-order valence-corrected chi connectivity index (χ3v) is 8.89. The zero-order chi connectivity index (χ0) is 17.1. The van der Waals surface area contributed by atoms with Crippen LogP contribution in [0.5, 0.6) is 0 Å². The molecule has 24 heavy (non-hydrogen) atoms. The van der Waals surface area contributed by atoms with Crippen LogP contribution < -0.4 is 0 Å². The van der Waals surface area contributed by atoms with Crippen molar-refractivity contribution < 1.29 is 9.59 Å². The molecule has 0 aromatic carbocycles. The van der Waals surface area contributed by atoms with Crippen molar-refractivity contribution >= 4 is 23.3 Å². The number of hydrogen-bond donors (Lipinski definition) is 0. The van der Waals surface area contributed by atoms with E-state index < -0.39 is 0 Å². The lowest BCUT2D eigenvalue weighted by molar-refractivity contribution is -0.131. The smallest absolute Gasteiger partial charge is 0.178 e. The highest BCUT2D eigenvalue weighted by molar-refractivity contribution is 7.99. The topological polar surface area (TPSA) is 34.1 Å². The van der Waals surface area contributed by atoms with Crippen LogP contribution in [-0.4, -0.2) is 22.6 Å². The Morgan fingerprint density at radius 2 is 2.00 bits per heavy atom. The zero-order valence-corrected chi connectivity index (χ0v) is 15.8. The maximum atomic E-state index is 12.6. The van der Waals surface area contributed by atoms with Crippen molar-refractivity contribution in [1.82, 2.24) is 0 Å². The first kappa shape index (κ1) is 16.6. The average Bonchev–Trinajstić information content (AvgIpc) is 2.85. The minimum Gasteiger partial charge on any atom is -0.299 e. The van der Waals surface area contributed by atoms with Crippen molar-refractivity contribution in [3.05, 3.63) is 23.8 Å². The summed E-state index contributed by atoms with van der Waals surface area (Å²) in [6.07, 6.45) is 10.9. The van der Waals surface area contributed by atoms with Gasteiger partial charge in [0.1, 0.15) is 5.78 Å². The molecular weight excluding hydrogens is 316 g/mol. The van der Waals surface area contributed by atoms with Crippen LogP contribution in [0.25, 0.3) is 0 Å². The number of rotatable bonds is 2. The number of allylic oxidation sites excluding steroid dienone is 4. The fraction of sp³-hybridized carbons (Fsp3) is 0.714. The highest BCUT2D eigenvalue weighted by Gasteiger charge is 2.60. The lowest BCUT2D eigenvalue weighted by atomic mass is 9.48. The Hall–Kier alpha value is -0.830. The van der Waals surface area contributed by atoms with E-state index >= 15 is 0 Å². The maximum absolute atomic E-state index is 12.6. The Morgan fingerprint density at radius 3 is 2.75 bits per heavy atom. The standard InChI is InChI=1S/C21H28O2S/c1-4-24-17-12-13-11-14(22)7-9-20(13,2)16-8-10-21(3)15(19(16)17)5-6-18(21)23/h7,9,11,15-17,19H,4-6,8,10,12H2,1-3H3/t15-,16-,17+,19-,20-,21-/m0/s1. The Kier molecular flexibility index (Phi) is 3.87. The van der Waals surface area contributed by atoms with Gasteiger partial charge in [-0.05, 0) is 61.3 Å². The van der Waals surface area contributed by atoms with Gasteiger partial charge in [-0.2, -0.15) is 11.8 Å². The molecule has 4 aliphatic carbocycles. The van der Waals surface area contributed by atoms with Crippen LogP contribution in [0.15, 0.2) is 23.8 Å². The molecule has 0 aromatic rings. The molecule has 0 spiro atoms. The molecule has 6 atom stereocenters. The molecule has 2 nitrogen and oxygen atoms in total. The van der Waals surface area contributed by atoms with Crippen molar-refractivity contribution in [3.8, 4) is 0 Å². The second kappa shape index (κ2) is 5.59. The number of thioether (sulfide) groups is 1. The van der Waals surface area contributed by atoms with Gasteiger partial charge >= 0.3 is 0 Å². The summed E-state index contributed by atoms with van der Waals surface area (Å²) in [6, 6.07) is 0. The van der Waals surface area contributed by atoms with Gasteiger partial charge in [0.25, 0.3) is 0 Å². The van der Waals surface area contributed by atoms with Crippen molar-refractivity contribution in [2.75, 3.05) is 5.75 Å². The van der Waals surface area contributed by atoms with Gasteiger partial charge in [-0.15, -0.1) is 0 Å². The van der Waals surface area contributed by atoms with Crippen LogP contribution in [0.4, 0.5) is 0 Å².